The molecule has 0 fully saturated rings. The number of rotatable bonds is 0. The van der Waals surface area contributed by atoms with Gasteiger partial charge in [-0.2, -0.15) is 4.99 Å². The third-order valence-electron chi connectivity index (χ3n) is 2.39. The minimum absolute atomic E-state index is 0.0294. The molecule has 1 aliphatic rings. The van der Waals surface area contributed by atoms with Crippen molar-refractivity contribution in [2.24, 2.45) is 4.99 Å². The summed E-state index contributed by atoms with van der Waals surface area (Å²) in [7, 11) is 0. The number of primary amides is 1. The summed E-state index contributed by atoms with van der Waals surface area (Å²) in [4.78, 5) is 20.0. The van der Waals surface area contributed by atoms with Crippen LogP contribution in [0, 0.1) is 0 Å². The second kappa shape index (κ2) is 2.96. The minimum Gasteiger partial charge on any atom is -0.236 e. The van der Waals surface area contributed by atoms with Gasteiger partial charge in [-0.25, -0.2) is 15.1 Å². The first-order chi connectivity index (χ1) is 7.34. The minimum atomic E-state index is -0.0294. The zero-order valence-corrected chi connectivity index (χ0v) is 7.84. The maximum Gasteiger partial charge on any atom is 0.352 e. The molecule has 0 unspecified atom stereocenters. The fraction of sp³-hybridized carbons (Fsp3) is 0. The first-order valence-corrected chi connectivity index (χ1v) is 4.66. The molecule has 1 amide bonds. The standard InChI is InChI=1S/C11H7N3O/c15-11-8-5-7-3-1-2-4-9(7)14-10(8)12-6-13-11/h1-6H,(H,12,13,14,15)/p+1. The van der Waals surface area contributed by atoms with Crippen molar-refractivity contribution in [3.05, 3.63) is 35.9 Å². The third kappa shape index (κ3) is 1.23. The molecule has 0 aliphatic carbocycles. The fourth-order valence-corrected chi connectivity index (χ4v) is 1.65. The Morgan fingerprint density at radius 1 is 1.20 bits per heavy atom. The lowest BCUT2D eigenvalue weighted by molar-refractivity contribution is -0.420. The molecule has 1 aromatic carbocycles. The molecule has 72 valence electrons. The average molecular weight is 198 g/mol. The Morgan fingerprint density at radius 2 is 2.07 bits per heavy atom. The molecule has 2 N–H and O–H groups in total. The van der Waals surface area contributed by atoms with Crippen LogP contribution in [-0.4, -0.2) is 17.2 Å². The van der Waals surface area contributed by atoms with Gasteiger partial charge in [0.15, 0.2) is 12.2 Å². The number of aromatic nitrogens is 1. The monoisotopic (exact) mass is 198 g/mol. The summed E-state index contributed by atoms with van der Waals surface area (Å²) in [6.07, 6.45) is 1.49. The van der Waals surface area contributed by atoms with Gasteiger partial charge in [0.1, 0.15) is 5.56 Å². The van der Waals surface area contributed by atoms with Crippen LogP contribution in [0.15, 0.2) is 35.3 Å². The van der Waals surface area contributed by atoms with Crippen molar-refractivity contribution in [2.75, 3.05) is 0 Å². The van der Waals surface area contributed by atoms with Crippen molar-refractivity contribution in [1.29, 1.82) is 0 Å². The van der Waals surface area contributed by atoms with Crippen LogP contribution in [0.25, 0.3) is 10.9 Å². The van der Waals surface area contributed by atoms with Crippen LogP contribution in [-0.2, 0) is 0 Å². The third-order valence-corrected chi connectivity index (χ3v) is 2.39. The Balaban J connectivity index is 2.38. The van der Waals surface area contributed by atoms with Gasteiger partial charge in [-0.1, -0.05) is 18.2 Å². The van der Waals surface area contributed by atoms with Gasteiger partial charge in [0.25, 0.3) is 0 Å². The summed E-state index contributed by atoms with van der Waals surface area (Å²) in [6, 6.07) is 9.54. The molecule has 0 spiro atoms. The molecular formula is C11H8N3O+. The van der Waals surface area contributed by atoms with Gasteiger partial charge in [0, 0.05) is 5.39 Å². The topological polar surface area (TPSA) is 58.9 Å². The highest BCUT2D eigenvalue weighted by Gasteiger charge is 2.20. The van der Waals surface area contributed by atoms with E-state index in [1.807, 2.05) is 30.3 Å². The number of quaternary nitrogens is 1. The molecule has 2 aromatic rings. The number of hydrogen-bond acceptors (Lipinski definition) is 3. The van der Waals surface area contributed by atoms with Crippen molar-refractivity contribution in [1.82, 2.24) is 4.98 Å². The molecule has 0 saturated heterocycles. The van der Waals surface area contributed by atoms with Gasteiger partial charge >= 0.3 is 5.91 Å². The van der Waals surface area contributed by atoms with Crippen LogP contribution in [0.1, 0.15) is 10.4 Å². The van der Waals surface area contributed by atoms with Crippen molar-refractivity contribution in [2.45, 2.75) is 0 Å². The molecule has 0 bridgehead atoms. The largest absolute Gasteiger partial charge is 0.352 e. The number of benzene rings is 1. The maximum absolute atomic E-state index is 11.5. The quantitative estimate of drug-likeness (QED) is 0.674. The van der Waals surface area contributed by atoms with Crippen LogP contribution in [0.5, 0.6) is 0 Å². The highest BCUT2D eigenvalue weighted by molar-refractivity contribution is 6.00. The molecule has 2 heterocycles. The van der Waals surface area contributed by atoms with Crippen molar-refractivity contribution in [3.63, 3.8) is 0 Å². The first kappa shape index (κ1) is 8.26. The summed E-state index contributed by atoms with van der Waals surface area (Å²) in [5.41, 5.74) is 1.44. The van der Waals surface area contributed by atoms with Gasteiger partial charge in [-0.05, 0) is 12.1 Å². The number of carbonyl (C=O) groups excluding carboxylic acids is 1. The number of nitrogens with zero attached hydrogens (tertiary/aromatic N) is 2. The van der Waals surface area contributed by atoms with Crippen LogP contribution in [0.3, 0.4) is 0 Å². The summed E-state index contributed by atoms with van der Waals surface area (Å²) in [5, 5.41) is 2.42. The second-order valence-electron chi connectivity index (χ2n) is 3.36. The van der Waals surface area contributed by atoms with E-state index in [4.69, 9.17) is 0 Å². The number of aliphatic imine (C=N–C) groups is 1. The molecule has 1 aliphatic heterocycles. The summed E-state index contributed by atoms with van der Waals surface area (Å²) in [6.45, 7) is 0. The highest BCUT2D eigenvalue weighted by atomic mass is 16.1. The normalized spacial score (nSPS) is 14.3. The molecular weight excluding hydrogens is 190 g/mol. The van der Waals surface area contributed by atoms with Crippen molar-refractivity contribution < 1.29 is 10.1 Å². The van der Waals surface area contributed by atoms with Crippen LogP contribution in [0.2, 0.25) is 0 Å². The molecule has 1 aromatic heterocycles. The van der Waals surface area contributed by atoms with E-state index in [1.165, 1.54) is 11.7 Å². The van der Waals surface area contributed by atoms with E-state index in [1.54, 1.807) is 0 Å². The lowest BCUT2D eigenvalue weighted by atomic mass is 10.1. The molecule has 0 radical (unpaired) electrons. The fourth-order valence-electron chi connectivity index (χ4n) is 1.65. The van der Waals surface area contributed by atoms with E-state index in [0.717, 1.165) is 10.9 Å². The van der Waals surface area contributed by atoms with E-state index in [2.05, 4.69) is 9.98 Å². The Kier molecular flexibility index (Phi) is 1.63. The predicted octanol–water partition coefficient (Wildman–Crippen LogP) is 0.612. The van der Waals surface area contributed by atoms with Gasteiger partial charge in [-0.15, -0.1) is 0 Å². The SMILES string of the molecule is O=C1[NH2+]C=Nc2nc3ccccc3cc21. The molecule has 0 atom stereocenters. The van der Waals surface area contributed by atoms with E-state index >= 15 is 0 Å². The molecule has 4 nitrogen and oxygen atoms in total. The van der Waals surface area contributed by atoms with Crippen LogP contribution < -0.4 is 5.32 Å². The Labute approximate surface area is 85.7 Å². The number of nitrogens with two attached hydrogens (primary N) is 1. The molecule has 4 heteroatoms. The number of fused-ring (bicyclic) bond motifs is 2. The highest BCUT2D eigenvalue weighted by Crippen LogP contribution is 2.22. The Hall–Kier alpha value is -2.07. The summed E-state index contributed by atoms with van der Waals surface area (Å²) in [5.74, 6) is 0.486. The van der Waals surface area contributed by atoms with Crippen LogP contribution >= 0.6 is 0 Å². The first-order valence-electron chi connectivity index (χ1n) is 4.66. The van der Waals surface area contributed by atoms with Gasteiger partial charge in [-0.3, -0.25) is 0 Å². The van der Waals surface area contributed by atoms with Gasteiger partial charge in [0.05, 0.1) is 5.52 Å². The smallest absolute Gasteiger partial charge is 0.236 e. The second-order valence-corrected chi connectivity index (χ2v) is 3.36. The number of hydrogen-bond donors (Lipinski definition) is 1. The van der Waals surface area contributed by atoms with E-state index in [9.17, 15) is 4.79 Å². The Bertz CT molecular complexity index is 589. The average Bonchev–Trinajstić information content (AvgIpc) is 2.27. The van der Waals surface area contributed by atoms with E-state index in [0.29, 0.717) is 11.4 Å². The lowest BCUT2D eigenvalue weighted by Gasteiger charge is -2.06. The molecule has 3 rings (SSSR count). The van der Waals surface area contributed by atoms with Crippen molar-refractivity contribution >= 4 is 29.0 Å². The Morgan fingerprint density at radius 3 is 3.00 bits per heavy atom. The summed E-state index contributed by atoms with van der Waals surface area (Å²) < 4.78 is 0. The van der Waals surface area contributed by atoms with E-state index < -0.39 is 0 Å². The number of amides is 1. The summed E-state index contributed by atoms with van der Waals surface area (Å²) >= 11 is 0. The molecule has 0 saturated carbocycles. The number of pyridine rings is 1. The van der Waals surface area contributed by atoms with Gasteiger partial charge in [0.2, 0.25) is 0 Å². The number of carbonyl (C=O) groups is 1. The zero-order valence-electron chi connectivity index (χ0n) is 7.84. The molecule has 15 heavy (non-hydrogen) atoms. The van der Waals surface area contributed by atoms with Crippen LogP contribution in [0.4, 0.5) is 5.82 Å². The maximum atomic E-state index is 11.5. The predicted molar refractivity (Wildman–Crippen MR) is 56.2 cm³/mol. The van der Waals surface area contributed by atoms with Crippen molar-refractivity contribution in [3.8, 4) is 0 Å². The lowest BCUT2D eigenvalue weighted by Crippen LogP contribution is -2.87. The van der Waals surface area contributed by atoms with Gasteiger partial charge < -0.3 is 0 Å². The zero-order chi connectivity index (χ0) is 10.3. The number of para-hydroxylation sites is 1. The van der Waals surface area contributed by atoms with E-state index in [-0.39, 0.29) is 5.91 Å².